The summed E-state index contributed by atoms with van der Waals surface area (Å²) in [5, 5.41) is 1.11. The minimum absolute atomic E-state index is 0.165. The molecule has 0 spiro atoms. The van der Waals surface area contributed by atoms with Crippen LogP contribution in [0.25, 0.3) is 10.9 Å². The van der Waals surface area contributed by atoms with Gasteiger partial charge in [-0.2, -0.15) is 0 Å². The quantitative estimate of drug-likeness (QED) is 0.709. The Morgan fingerprint density at radius 3 is 2.53 bits per heavy atom. The van der Waals surface area contributed by atoms with Crippen LogP contribution >= 0.6 is 0 Å². The van der Waals surface area contributed by atoms with Gasteiger partial charge in [-0.3, -0.25) is 4.98 Å². The SMILES string of the molecule is CC(C)(C)c1ccc2ncc(N)cc2c1. The summed E-state index contributed by atoms with van der Waals surface area (Å²) in [5.74, 6) is 0. The fraction of sp³-hybridized carbons (Fsp3) is 0.308. The summed E-state index contributed by atoms with van der Waals surface area (Å²) in [6.07, 6.45) is 1.69. The third-order valence-electron chi connectivity index (χ3n) is 2.57. The van der Waals surface area contributed by atoms with Gasteiger partial charge in [-0.15, -0.1) is 0 Å². The summed E-state index contributed by atoms with van der Waals surface area (Å²) in [7, 11) is 0. The molecular formula is C13H16N2. The molecule has 2 rings (SSSR count). The van der Waals surface area contributed by atoms with Crippen molar-refractivity contribution in [1.82, 2.24) is 4.98 Å². The molecule has 78 valence electrons. The van der Waals surface area contributed by atoms with Gasteiger partial charge in [0.1, 0.15) is 0 Å². The number of hydrogen-bond donors (Lipinski definition) is 1. The van der Waals surface area contributed by atoms with Gasteiger partial charge in [0.25, 0.3) is 0 Å². The van der Waals surface area contributed by atoms with Gasteiger partial charge in [-0.1, -0.05) is 26.8 Å². The van der Waals surface area contributed by atoms with Crippen LogP contribution in [0.2, 0.25) is 0 Å². The molecule has 2 aromatic rings. The highest BCUT2D eigenvalue weighted by atomic mass is 14.7. The normalized spacial score (nSPS) is 11.9. The third kappa shape index (κ3) is 1.94. The lowest BCUT2D eigenvalue weighted by Crippen LogP contribution is -2.10. The van der Waals surface area contributed by atoms with Crippen molar-refractivity contribution in [3.8, 4) is 0 Å². The van der Waals surface area contributed by atoms with Crippen LogP contribution in [0.15, 0.2) is 30.5 Å². The second-order valence-electron chi connectivity index (χ2n) is 4.93. The number of pyridine rings is 1. The van der Waals surface area contributed by atoms with Gasteiger partial charge in [0.2, 0.25) is 0 Å². The maximum absolute atomic E-state index is 5.72. The molecule has 0 saturated carbocycles. The van der Waals surface area contributed by atoms with E-state index < -0.39 is 0 Å². The number of benzene rings is 1. The lowest BCUT2D eigenvalue weighted by molar-refractivity contribution is 0.591. The van der Waals surface area contributed by atoms with E-state index in [0.717, 1.165) is 10.9 Å². The topological polar surface area (TPSA) is 38.9 Å². The fourth-order valence-corrected chi connectivity index (χ4v) is 1.62. The van der Waals surface area contributed by atoms with E-state index >= 15 is 0 Å². The highest BCUT2D eigenvalue weighted by Crippen LogP contribution is 2.25. The molecule has 0 atom stereocenters. The lowest BCUT2D eigenvalue weighted by Gasteiger charge is -2.19. The number of anilines is 1. The van der Waals surface area contributed by atoms with Crippen LogP contribution in [0, 0.1) is 0 Å². The molecule has 0 bridgehead atoms. The van der Waals surface area contributed by atoms with Gasteiger partial charge in [0.05, 0.1) is 17.4 Å². The first kappa shape index (κ1) is 9.97. The molecule has 15 heavy (non-hydrogen) atoms. The average molecular weight is 200 g/mol. The number of nitrogens with two attached hydrogens (primary N) is 1. The maximum atomic E-state index is 5.72. The number of hydrogen-bond acceptors (Lipinski definition) is 2. The fourth-order valence-electron chi connectivity index (χ4n) is 1.62. The van der Waals surface area contributed by atoms with E-state index in [4.69, 9.17) is 5.73 Å². The molecular weight excluding hydrogens is 184 g/mol. The zero-order valence-corrected chi connectivity index (χ0v) is 9.41. The Labute approximate surface area is 90.1 Å². The van der Waals surface area contributed by atoms with Crippen LogP contribution in [0.4, 0.5) is 5.69 Å². The Balaban J connectivity index is 2.64. The van der Waals surface area contributed by atoms with Crippen LogP contribution in [0.1, 0.15) is 26.3 Å². The van der Waals surface area contributed by atoms with Crippen molar-refractivity contribution in [3.63, 3.8) is 0 Å². The van der Waals surface area contributed by atoms with E-state index in [9.17, 15) is 0 Å². The van der Waals surface area contributed by atoms with Gasteiger partial charge in [-0.25, -0.2) is 0 Å². The molecule has 0 aliphatic rings. The molecule has 2 N–H and O–H groups in total. The second-order valence-corrected chi connectivity index (χ2v) is 4.93. The Bertz CT molecular complexity index is 495. The van der Waals surface area contributed by atoms with E-state index in [1.54, 1.807) is 6.20 Å². The monoisotopic (exact) mass is 200 g/mol. The first-order valence-electron chi connectivity index (χ1n) is 5.12. The van der Waals surface area contributed by atoms with E-state index in [1.807, 2.05) is 6.07 Å². The minimum Gasteiger partial charge on any atom is -0.397 e. The van der Waals surface area contributed by atoms with Gasteiger partial charge in [0.15, 0.2) is 0 Å². The van der Waals surface area contributed by atoms with Crippen molar-refractivity contribution in [2.75, 3.05) is 5.73 Å². The van der Waals surface area contributed by atoms with Crippen LogP contribution in [0.5, 0.6) is 0 Å². The van der Waals surface area contributed by atoms with Crippen molar-refractivity contribution < 1.29 is 0 Å². The Kier molecular flexibility index (Phi) is 2.14. The van der Waals surface area contributed by atoms with Crippen molar-refractivity contribution in [3.05, 3.63) is 36.0 Å². The van der Waals surface area contributed by atoms with Crippen LogP contribution in [0.3, 0.4) is 0 Å². The summed E-state index contributed by atoms with van der Waals surface area (Å²) >= 11 is 0. The highest BCUT2D eigenvalue weighted by molar-refractivity contribution is 5.82. The van der Waals surface area contributed by atoms with Crippen molar-refractivity contribution in [2.45, 2.75) is 26.2 Å². The predicted octanol–water partition coefficient (Wildman–Crippen LogP) is 3.11. The smallest absolute Gasteiger partial charge is 0.0703 e. The number of nitrogens with zero attached hydrogens (tertiary/aromatic N) is 1. The van der Waals surface area contributed by atoms with E-state index in [-0.39, 0.29) is 5.41 Å². The van der Waals surface area contributed by atoms with E-state index in [1.165, 1.54) is 5.56 Å². The Hall–Kier alpha value is -1.57. The van der Waals surface area contributed by atoms with Crippen molar-refractivity contribution in [2.24, 2.45) is 0 Å². The minimum atomic E-state index is 0.165. The lowest BCUT2D eigenvalue weighted by atomic mass is 9.86. The van der Waals surface area contributed by atoms with Gasteiger partial charge < -0.3 is 5.73 Å². The maximum Gasteiger partial charge on any atom is 0.0703 e. The average Bonchev–Trinajstić information content (AvgIpc) is 2.15. The number of aromatic nitrogens is 1. The van der Waals surface area contributed by atoms with Crippen molar-refractivity contribution in [1.29, 1.82) is 0 Å². The van der Waals surface area contributed by atoms with Crippen LogP contribution in [-0.2, 0) is 5.41 Å². The molecule has 1 aromatic heterocycles. The summed E-state index contributed by atoms with van der Waals surface area (Å²) in [6, 6.07) is 8.32. The molecule has 0 radical (unpaired) electrons. The molecule has 0 saturated heterocycles. The highest BCUT2D eigenvalue weighted by Gasteiger charge is 2.13. The molecule has 0 aliphatic heterocycles. The number of fused-ring (bicyclic) bond motifs is 1. The first-order chi connectivity index (χ1) is 6.97. The van der Waals surface area contributed by atoms with Crippen LogP contribution < -0.4 is 5.73 Å². The standard InChI is InChI=1S/C13H16N2/c1-13(2,3)10-4-5-12-9(6-10)7-11(14)8-15-12/h4-8H,14H2,1-3H3. The molecule has 2 nitrogen and oxygen atoms in total. The number of rotatable bonds is 0. The first-order valence-corrected chi connectivity index (χ1v) is 5.12. The Morgan fingerprint density at radius 2 is 1.87 bits per heavy atom. The molecule has 0 unspecified atom stereocenters. The second kappa shape index (κ2) is 3.23. The Morgan fingerprint density at radius 1 is 1.13 bits per heavy atom. The summed E-state index contributed by atoms with van der Waals surface area (Å²) in [4.78, 5) is 4.28. The molecule has 1 aromatic carbocycles. The molecule has 0 aliphatic carbocycles. The summed E-state index contributed by atoms with van der Waals surface area (Å²) in [6.45, 7) is 6.61. The van der Waals surface area contributed by atoms with E-state index in [2.05, 4.69) is 44.0 Å². The largest absolute Gasteiger partial charge is 0.397 e. The van der Waals surface area contributed by atoms with Crippen molar-refractivity contribution >= 4 is 16.6 Å². The third-order valence-corrected chi connectivity index (χ3v) is 2.57. The zero-order chi connectivity index (χ0) is 11.1. The molecule has 0 fully saturated rings. The van der Waals surface area contributed by atoms with Crippen LogP contribution in [-0.4, -0.2) is 4.98 Å². The summed E-state index contributed by atoms with van der Waals surface area (Å²) in [5.41, 5.74) is 8.91. The molecule has 0 amide bonds. The van der Waals surface area contributed by atoms with Gasteiger partial charge >= 0.3 is 0 Å². The van der Waals surface area contributed by atoms with E-state index in [0.29, 0.717) is 5.69 Å². The van der Waals surface area contributed by atoms with Gasteiger partial charge in [0, 0.05) is 5.39 Å². The zero-order valence-electron chi connectivity index (χ0n) is 9.41. The molecule has 2 heteroatoms. The molecule has 1 heterocycles. The number of nitrogen functional groups attached to an aromatic ring is 1. The summed E-state index contributed by atoms with van der Waals surface area (Å²) < 4.78 is 0. The van der Waals surface area contributed by atoms with Gasteiger partial charge in [-0.05, 0) is 29.2 Å². The predicted molar refractivity (Wildman–Crippen MR) is 64.9 cm³/mol.